The summed E-state index contributed by atoms with van der Waals surface area (Å²) >= 11 is 0. The molecule has 2 aliphatic rings. The summed E-state index contributed by atoms with van der Waals surface area (Å²) in [4.78, 5) is 14.6. The summed E-state index contributed by atoms with van der Waals surface area (Å²) in [5, 5.41) is 12.0. The molecule has 132 valence electrons. The lowest BCUT2D eigenvalue weighted by Crippen LogP contribution is -2.35. The van der Waals surface area contributed by atoms with E-state index in [1.54, 1.807) is 0 Å². The molecule has 0 radical (unpaired) electrons. The SMILES string of the molecule is CN(C)c1cccc(C(=O)NC2CCc3nnc(C4CC4)n3CC2)c1. The van der Waals surface area contributed by atoms with Crippen molar-refractivity contribution in [3.05, 3.63) is 41.5 Å². The van der Waals surface area contributed by atoms with E-state index in [1.807, 2.05) is 43.3 Å². The lowest BCUT2D eigenvalue weighted by molar-refractivity contribution is 0.0933. The summed E-state index contributed by atoms with van der Waals surface area (Å²) in [6.07, 6.45) is 5.20. The Morgan fingerprint density at radius 2 is 2.04 bits per heavy atom. The number of nitrogens with zero attached hydrogens (tertiary/aromatic N) is 4. The van der Waals surface area contributed by atoms with Gasteiger partial charge < -0.3 is 14.8 Å². The highest BCUT2D eigenvalue weighted by Gasteiger charge is 2.31. The number of amides is 1. The van der Waals surface area contributed by atoms with Gasteiger partial charge in [-0.2, -0.15) is 0 Å². The molecule has 1 fully saturated rings. The van der Waals surface area contributed by atoms with Crippen LogP contribution >= 0.6 is 0 Å². The lowest BCUT2D eigenvalue weighted by atomic mass is 10.1. The third kappa shape index (κ3) is 3.38. The molecule has 6 nitrogen and oxygen atoms in total. The Hall–Kier alpha value is -2.37. The quantitative estimate of drug-likeness (QED) is 0.929. The highest BCUT2D eigenvalue weighted by atomic mass is 16.1. The van der Waals surface area contributed by atoms with Gasteiger partial charge in [0.2, 0.25) is 0 Å². The number of carbonyl (C=O) groups is 1. The van der Waals surface area contributed by atoms with Crippen LogP contribution in [0.1, 0.15) is 53.6 Å². The molecule has 1 saturated carbocycles. The lowest BCUT2D eigenvalue weighted by Gasteiger charge is -2.18. The molecule has 1 atom stereocenters. The fourth-order valence-corrected chi connectivity index (χ4v) is 3.49. The molecule has 0 bridgehead atoms. The van der Waals surface area contributed by atoms with Crippen LogP contribution in [0.5, 0.6) is 0 Å². The molecule has 1 aliphatic carbocycles. The molecule has 4 rings (SSSR count). The maximum absolute atomic E-state index is 12.6. The van der Waals surface area contributed by atoms with Crippen molar-refractivity contribution in [3.8, 4) is 0 Å². The zero-order valence-electron chi connectivity index (χ0n) is 14.9. The number of benzene rings is 1. The molecular formula is C19H25N5O. The van der Waals surface area contributed by atoms with Crippen LogP contribution in [-0.4, -0.2) is 40.8 Å². The van der Waals surface area contributed by atoms with Crippen LogP contribution < -0.4 is 10.2 Å². The number of fused-ring (bicyclic) bond motifs is 1. The second-order valence-electron chi connectivity index (χ2n) is 7.34. The van der Waals surface area contributed by atoms with Crippen molar-refractivity contribution in [1.29, 1.82) is 0 Å². The Morgan fingerprint density at radius 1 is 1.20 bits per heavy atom. The predicted octanol–water partition coefficient (Wildman–Crippen LogP) is 2.36. The number of anilines is 1. The van der Waals surface area contributed by atoms with E-state index < -0.39 is 0 Å². The van der Waals surface area contributed by atoms with E-state index in [0.29, 0.717) is 11.5 Å². The number of aryl methyl sites for hydroxylation is 1. The smallest absolute Gasteiger partial charge is 0.251 e. The zero-order chi connectivity index (χ0) is 17.4. The third-order valence-electron chi connectivity index (χ3n) is 5.18. The topological polar surface area (TPSA) is 63.1 Å². The van der Waals surface area contributed by atoms with E-state index in [0.717, 1.165) is 43.1 Å². The molecule has 0 spiro atoms. The number of hydrogen-bond donors (Lipinski definition) is 1. The third-order valence-corrected chi connectivity index (χ3v) is 5.18. The average Bonchev–Trinajstić information content (AvgIpc) is 3.41. The molecule has 0 saturated heterocycles. The molecule has 1 aromatic carbocycles. The van der Waals surface area contributed by atoms with Gasteiger partial charge in [0.25, 0.3) is 5.91 Å². The van der Waals surface area contributed by atoms with Gasteiger partial charge in [-0.3, -0.25) is 4.79 Å². The summed E-state index contributed by atoms with van der Waals surface area (Å²) in [6, 6.07) is 7.93. The molecule has 1 aromatic heterocycles. The van der Waals surface area contributed by atoms with Crippen LogP contribution in [0.15, 0.2) is 24.3 Å². The van der Waals surface area contributed by atoms with Crippen LogP contribution in [0.4, 0.5) is 5.69 Å². The van der Waals surface area contributed by atoms with Crippen LogP contribution in [-0.2, 0) is 13.0 Å². The first-order valence-corrected chi connectivity index (χ1v) is 9.12. The van der Waals surface area contributed by atoms with Gasteiger partial charge in [-0.1, -0.05) is 6.07 Å². The van der Waals surface area contributed by atoms with Gasteiger partial charge in [0, 0.05) is 50.3 Å². The normalized spacial score (nSPS) is 19.8. The molecule has 2 aromatic rings. The molecule has 1 unspecified atom stereocenters. The minimum atomic E-state index is 0.00813. The fraction of sp³-hybridized carbons (Fsp3) is 0.526. The van der Waals surface area contributed by atoms with Crippen molar-refractivity contribution in [2.75, 3.05) is 19.0 Å². The van der Waals surface area contributed by atoms with Crippen molar-refractivity contribution in [2.45, 2.75) is 50.6 Å². The fourth-order valence-electron chi connectivity index (χ4n) is 3.49. The van der Waals surface area contributed by atoms with Crippen molar-refractivity contribution in [1.82, 2.24) is 20.1 Å². The van der Waals surface area contributed by atoms with Crippen molar-refractivity contribution in [2.24, 2.45) is 0 Å². The summed E-state index contributed by atoms with van der Waals surface area (Å²) < 4.78 is 2.29. The summed E-state index contributed by atoms with van der Waals surface area (Å²) in [5.74, 6) is 2.85. The van der Waals surface area contributed by atoms with E-state index in [-0.39, 0.29) is 11.9 Å². The second-order valence-corrected chi connectivity index (χ2v) is 7.34. The van der Waals surface area contributed by atoms with Crippen LogP contribution in [0.3, 0.4) is 0 Å². The average molecular weight is 339 g/mol. The second kappa shape index (κ2) is 6.50. The van der Waals surface area contributed by atoms with Gasteiger partial charge in [-0.15, -0.1) is 10.2 Å². The van der Waals surface area contributed by atoms with Gasteiger partial charge in [0.05, 0.1) is 0 Å². The first kappa shape index (κ1) is 16.1. The van der Waals surface area contributed by atoms with E-state index in [2.05, 4.69) is 20.1 Å². The minimum Gasteiger partial charge on any atom is -0.378 e. The molecule has 6 heteroatoms. The summed E-state index contributed by atoms with van der Waals surface area (Å²) in [7, 11) is 3.96. The minimum absolute atomic E-state index is 0.00813. The Bertz CT molecular complexity index is 778. The summed E-state index contributed by atoms with van der Waals surface area (Å²) in [6.45, 7) is 0.900. The van der Waals surface area contributed by atoms with E-state index in [9.17, 15) is 4.79 Å². The molecular weight excluding hydrogens is 314 g/mol. The maximum Gasteiger partial charge on any atom is 0.251 e. The van der Waals surface area contributed by atoms with Gasteiger partial charge in [0.1, 0.15) is 11.6 Å². The Labute approximate surface area is 148 Å². The Kier molecular flexibility index (Phi) is 4.19. The molecule has 1 N–H and O–H groups in total. The number of nitrogens with one attached hydrogen (secondary N) is 1. The van der Waals surface area contributed by atoms with Crippen molar-refractivity contribution >= 4 is 11.6 Å². The van der Waals surface area contributed by atoms with E-state index in [4.69, 9.17) is 0 Å². The standard InChI is InChI=1S/C19H25N5O/c1-23(2)16-5-3-4-14(12-16)19(25)20-15-8-9-17-21-22-18(13-6-7-13)24(17)11-10-15/h3-5,12-13,15H,6-11H2,1-2H3,(H,20,25). The number of rotatable bonds is 4. The molecule has 2 heterocycles. The van der Waals surface area contributed by atoms with Crippen molar-refractivity contribution in [3.63, 3.8) is 0 Å². The molecule has 1 aliphatic heterocycles. The molecule has 25 heavy (non-hydrogen) atoms. The molecule has 1 amide bonds. The predicted molar refractivity (Wildman–Crippen MR) is 97.0 cm³/mol. The van der Waals surface area contributed by atoms with Gasteiger partial charge in [0.15, 0.2) is 0 Å². The zero-order valence-corrected chi connectivity index (χ0v) is 14.9. The summed E-state index contributed by atoms with van der Waals surface area (Å²) in [5.41, 5.74) is 1.75. The number of carbonyl (C=O) groups excluding carboxylic acids is 1. The highest BCUT2D eigenvalue weighted by Crippen LogP contribution is 2.39. The van der Waals surface area contributed by atoms with Crippen LogP contribution in [0.25, 0.3) is 0 Å². The van der Waals surface area contributed by atoms with Crippen molar-refractivity contribution < 1.29 is 4.79 Å². The largest absolute Gasteiger partial charge is 0.378 e. The first-order chi connectivity index (χ1) is 12.1. The number of hydrogen-bond acceptors (Lipinski definition) is 4. The number of aromatic nitrogens is 3. The van der Waals surface area contributed by atoms with Crippen LogP contribution in [0, 0.1) is 0 Å². The highest BCUT2D eigenvalue weighted by molar-refractivity contribution is 5.95. The van der Waals surface area contributed by atoms with E-state index >= 15 is 0 Å². The monoisotopic (exact) mass is 339 g/mol. The van der Waals surface area contributed by atoms with Gasteiger partial charge in [-0.05, 0) is 43.9 Å². The van der Waals surface area contributed by atoms with E-state index in [1.165, 1.54) is 12.8 Å². The Morgan fingerprint density at radius 3 is 2.80 bits per heavy atom. The van der Waals surface area contributed by atoms with Gasteiger partial charge >= 0.3 is 0 Å². The first-order valence-electron chi connectivity index (χ1n) is 9.12. The maximum atomic E-state index is 12.6. The Balaban J connectivity index is 1.42. The van der Waals surface area contributed by atoms with Crippen LogP contribution in [0.2, 0.25) is 0 Å². The van der Waals surface area contributed by atoms with Gasteiger partial charge in [-0.25, -0.2) is 0 Å².